The first-order valence-electron chi connectivity index (χ1n) is 2.04. The van der Waals surface area contributed by atoms with Crippen molar-refractivity contribution in [1.29, 1.82) is 0 Å². The highest BCUT2D eigenvalue weighted by Crippen LogP contribution is 1.78. The van der Waals surface area contributed by atoms with E-state index in [9.17, 15) is 0 Å². The second-order valence-corrected chi connectivity index (χ2v) is 2.14. The summed E-state index contributed by atoms with van der Waals surface area (Å²) in [5.41, 5.74) is 0. The van der Waals surface area contributed by atoms with Crippen LogP contribution in [0.1, 0.15) is 0 Å². The van der Waals surface area contributed by atoms with Gasteiger partial charge < -0.3 is 10.6 Å². The second-order valence-electron chi connectivity index (χ2n) is 1.02. The van der Waals surface area contributed by atoms with Crippen LogP contribution in [0, 0.1) is 0 Å². The molecule has 0 amide bonds. The Morgan fingerprint density at radius 3 is 2.75 bits per heavy atom. The minimum Gasteiger partial charge on any atom is -0.366 e. The van der Waals surface area contributed by atoms with Crippen molar-refractivity contribution in [3.63, 3.8) is 0 Å². The first-order chi connectivity index (χ1) is 3.81. The smallest absolute Gasteiger partial charge is 0.170 e. The molecule has 0 saturated heterocycles. The topological polar surface area (TPSA) is 24.1 Å². The van der Waals surface area contributed by atoms with Gasteiger partial charge in [0.25, 0.3) is 0 Å². The Hall–Kier alpha value is 0.160. The van der Waals surface area contributed by atoms with E-state index in [4.69, 9.17) is 12.2 Å². The standard InChI is InChI=1S/C4H7IN2S/c1-6-4(8)7-3-2-5/h2-3H,1H3,(H2,6,7,8)/b3-2-. The van der Waals surface area contributed by atoms with Gasteiger partial charge >= 0.3 is 0 Å². The van der Waals surface area contributed by atoms with Crippen molar-refractivity contribution in [1.82, 2.24) is 10.6 Å². The molecule has 0 aliphatic heterocycles. The van der Waals surface area contributed by atoms with Crippen LogP contribution >= 0.6 is 34.8 Å². The number of thiocarbonyl (C=S) groups is 1. The van der Waals surface area contributed by atoms with Gasteiger partial charge in [-0.2, -0.15) is 0 Å². The molecular formula is C4H7IN2S. The zero-order valence-corrected chi connectivity index (χ0v) is 7.41. The summed E-state index contributed by atoms with van der Waals surface area (Å²) in [5.74, 6) is 0. The third-order valence-electron chi connectivity index (χ3n) is 0.504. The van der Waals surface area contributed by atoms with E-state index in [1.54, 1.807) is 13.2 Å². The lowest BCUT2D eigenvalue weighted by Gasteiger charge is -1.97. The minimum atomic E-state index is 0.637. The number of rotatable bonds is 1. The van der Waals surface area contributed by atoms with Crippen molar-refractivity contribution < 1.29 is 0 Å². The Bertz CT molecular complexity index is 102. The third kappa shape index (κ3) is 4.32. The van der Waals surface area contributed by atoms with E-state index in [-0.39, 0.29) is 0 Å². The van der Waals surface area contributed by atoms with Gasteiger partial charge in [-0.3, -0.25) is 0 Å². The lowest BCUT2D eigenvalue weighted by molar-refractivity contribution is 1.11. The third-order valence-corrected chi connectivity index (χ3v) is 1.19. The molecule has 0 fully saturated rings. The van der Waals surface area contributed by atoms with E-state index in [0.29, 0.717) is 5.11 Å². The van der Waals surface area contributed by atoms with Crippen LogP contribution in [-0.2, 0) is 0 Å². The fourth-order valence-electron chi connectivity index (χ4n) is 0.179. The zero-order chi connectivity index (χ0) is 6.41. The molecule has 0 aliphatic rings. The molecule has 0 bridgehead atoms. The van der Waals surface area contributed by atoms with E-state index < -0.39 is 0 Å². The van der Waals surface area contributed by atoms with Gasteiger partial charge in [-0.1, -0.05) is 22.6 Å². The molecule has 0 radical (unpaired) electrons. The number of hydrogen-bond acceptors (Lipinski definition) is 1. The predicted molar refractivity (Wildman–Crippen MR) is 48.0 cm³/mol. The maximum Gasteiger partial charge on any atom is 0.170 e. The summed E-state index contributed by atoms with van der Waals surface area (Å²) < 4.78 is 1.85. The summed E-state index contributed by atoms with van der Waals surface area (Å²) >= 11 is 6.85. The minimum absolute atomic E-state index is 0.637. The van der Waals surface area contributed by atoms with E-state index in [2.05, 4.69) is 33.2 Å². The molecule has 0 spiro atoms. The Kier molecular flexibility index (Phi) is 5.41. The van der Waals surface area contributed by atoms with E-state index in [0.717, 1.165) is 0 Å². The number of hydrogen-bond donors (Lipinski definition) is 2. The predicted octanol–water partition coefficient (Wildman–Crippen LogP) is 0.986. The van der Waals surface area contributed by atoms with Crippen LogP contribution in [0.5, 0.6) is 0 Å². The zero-order valence-electron chi connectivity index (χ0n) is 4.44. The van der Waals surface area contributed by atoms with Gasteiger partial charge in [0.15, 0.2) is 5.11 Å². The summed E-state index contributed by atoms with van der Waals surface area (Å²) in [5, 5.41) is 6.22. The summed E-state index contributed by atoms with van der Waals surface area (Å²) in [6, 6.07) is 0. The number of nitrogens with one attached hydrogen (secondary N) is 2. The molecular weight excluding hydrogens is 235 g/mol. The summed E-state index contributed by atoms with van der Waals surface area (Å²) in [6.45, 7) is 0. The Labute approximate surface area is 67.9 Å². The Morgan fingerprint density at radius 1 is 1.75 bits per heavy atom. The van der Waals surface area contributed by atoms with Gasteiger partial charge in [0.1, 0.15) is 0 Å². The van der Waals surface area contributed by atoms with Crippen molar-refractivity contribution in [2.45, 2.75) is 0 Å². The SMILES string of the molecule is CNC(=S)N/C=C\I. The molecule has 0 aromatic carbocycles. The second kappa shape index (κ2) is 5.30. The van der Waals surface area contributed by atoms with E-state index >= 15 is 0 Å². The lowest BCUT2D eigenvalue weighted by atomic mass is 10.9. The van der Waals surface area contributed by atoms with Crippen LogP contribution in [0.4, 0.5) is 0 Å². The maximum atomic E-state index is 4.74. The summed E-state index contributed by atoms with van der Waals surface area (Å²) in [4.78, 5) is 0. The molecule has 2 N–H and O–H groups in total. The molecule has 0 rings (SSSR count). The molecule has 4 heteroatoms. The maximum absolute atomic E-state index is 4.74. The lowest BCUT2D eigenvalue weighted by Crippen LogP contribution is -2.27. The molecule has 0 aliphatic carbocycles. The molecule has 0 aromatic heterocycles. The monoisotopic (exact) mass is 242 g/mol. The van der Waals surface area contributed by atoms with Gasteiger partial charge in [-0.25, -0.2) is 0 Å². The molecule has 0 aromatic rings. The van der Waals surface area contributed by atoms with Crippen molar-refractivity contribution >= 4 is 39.9 Å². The van der Waals surface area contributed by atoms with Gasteiger partial charge in [-0.05, 0) is 16.3 Å². The average Bonchev–Trinajstić information content (AvgIpc) is 1.83. The average molecular weight is 242 g/mol. The fraction of sp³-hybridized carbons (Fsp3) is 0.250. The van der Waals surface area contributed by atoms with Crippen molar-refractivity contribution in [2.24, 2.45) is 0 Å². The van der Waals surface area contributed by atoms with Crippen LogP contribution in [0.2, 0.25) is 0 Å². The van der Waals surface area contributed by atoms with Crippen molar-refractivity contribution in [2.75, 3.05) is 7.05 Å². The highest BCUT2D eigenvalue weighted by atomic mass is 127. The normalized spacial score (nSPS) is 9.25. The van der Waals surface area contributed by atoms with Crippen LogP contribution < -0.4 is 10.6 Å². The molecule has 8 heavy (non-hydrogen) atoms. The van der Waals surface area contributed by atoms with Crippen LogP contribution in [0.15, 0.2) is 10.3 Å². The molecule has 0 atom stereocenters. The van der Waals surface area contributed by atoms with Crippen molar-refractivity contribution in [3.05, 3.63) is 10.3 Å². The Morgan fingerprint density at radius 2 is 2.38 bits per heavy atom. The molecule has 0 unspecified atom stereocenters. The first-order valence-corrected chi connectivity index (χ1v) is 3.70. The van der Waals surface area contributed by atoms with Crippen LogP contribution in [0.25, 0.3) is 0 Å². The van der Waals surface area contributed by atoms with Gasteiger partial charge in [0.2, 0.25) is 0 Å². The fourth-order valence-corrected chi connectivity index (χ4v) is 0.427. The molecule has 46 valence electrons. The van der Waals surface area contributed by atoms with E-state index in [1.807, 2.05) is 4.08 Å². The van der Waals surface area contributed by atoms with E-state index in [1.165, 1.54) is 0 Å². The summed E-state index contributed by atoms with van der Waals surface area (Å²) in [7, 11) is 1.77. The van der Waals surface area contributed by atoms with Crippen molar-refractivity contribution in [3.8, 4) is 0 Å². The van der Waals surface area contributed by atoms with Crippen LogP contribution in [-0.4, -0.2) is 12.2 Å². The number of halogens is 1. The van der Waals surface area contributed by atoms with Gasteiger partial charge in [0, 0.05) is 13.2 Å². The molecule has 2 nitrogen and oxygen atoms in total. The summed E-state index contributed by atoms with van der Waals surface area (Å²) in [6.07, 6.45) is 1.76. The molecule has 0 saturated carbocycles. The Balaban J connectivity index is 3.25. The molecule has 0 heterocycles. The van der Waals surface area contributed by atoms with Crippen LogP contribution in [0.3, 0.4) is 0 Å². The first kappa shape index (κ1) is 8.16. The van der Waals surface area contributed by atoms with Gasteiger partial charge in [0.05, 0.1) is 0 Å². The largest absolute Gasteiger partial charge is 0.366 e. The van der Waals surface area contributed by atoms with Gasteiger partial charge in [-0.15, -0.1) is 0 Å². The quantitative estimate of drug-likeness (QED) is 0.529. The highest BCUT2D eigenvalue weighted by molar-refractivity contribution is 14.1. The highest BCUT2D eigenvalue weighted by Gasteiger charge is 1.79.